The maximum absolute atomic E-state index is 11.3. The molecule has 0 N–H and O–H groups in total. The highest BCUT2D eigenvalue weighted by molar-refractivity contribution is 7.13. The summed E-state index contributed by atoms with van der Waals surface area (Å²) < 4.78 is 6.38. The fraction of sp³-hybridized carbons (Fsp3) is 0.400. The minimum absolute atomic E-state index is 0.311. The van der Waals surface area contributed by atoms with Crippen LogP contribution < -0.4 is 0 Å². The first-order chi connectivity index (χ1) is 8.24. The number of hydrogen-bond donors (Lipinski definition) is 0. The van der Waals surface area contributed by atoms with E-state index in [-0.39, 0.29) is 5.97 Å². The van der Waals surface area contributed by atoms with Gasteiger partial charge in [0.1, 0.15) is 4.88 Å². The number of carbonyl (C=O) groups is 1. The first-order valence-electron chi connectivity index (χ1n) is 5.16. The molecule has 0 radical (unpaired) electrons. The Labute approximate surface area is 102 Å². The van der Waals surface area contributed by atoms with Crippen LogP contribution in [0, 0.1) is 0 Å². The summed E-state index contributed by atoms with van der Waals surface area (Å²) >= 11 is 1.39. The van der Waals surface area contributed by atoms with Gasteiger partial charge in [-0.05, 0) is 22.6 Å². The number of esters is 1. The smallest absolute Gasteiger partial charge is 0.348 e. The third-order valence-electron chi connectivity index (χ3n) is 2.28. The molecule has 0 bridgehead atoms. The Morgan fingerprint density at radius 1 is 1.53 bits per heavy atom. The van der Waals surface area contributed by atoms with E-state index in [2.05, 4.69) is 20.3 Å². The molecule has 0 saturated heterocycles. The molecule has 2 aromatic rings. The minimum Gasteiger partial charge on any atom is -0.465 e. The molecular weight excluding hydrogens is 240 g/mol. The predicted molar refractivity (Wildman–Crippen MR) is 62.0 cm³/mol. The highest BCUT2D eigenvalue weighted by Crippen LogP contribution is 2.18. The van der Waals surface area contributed by atoms with Crippen LogP contribution in [0.1, 0.15) is 27.3 Å². The quantitative estimate of drug-likeness (QED) is 0.763. The van der Waals surface area contributed by atoms with Crippen LogP contribution in [0.5, 0.6) is 0 Å². The van der Waals surface area contributed by atoms with E-state index < -0.39 is 0 Å². The maximum atomic E-state index is 11.3. The monoisotopic (exact) mass is 252 g/mol. The van der Waals surface area contributed by atoms with Crippen molar-refractivity contribution in [3.8, 4) is 0 Å². The second-order valence-corrected chi connectivity index (χ2v) is 4.53. The van der Waals surface area contributed by atoms with Crippen LogP contribution >= 0.6 is 11.3 Å². The Kier molecular flexibility index (Phi) is 3.48. The molecular formula is C10H12N4O2S. The summed E-state index contributed by atoms with van der Waals surface area (Å²) in [6.07, 6.45) is 0.780. The Bertz CT molecular complexity index is 520. The molecule has 0 aromatic carbocycles. The molecule has 0 aliphatic carbocycles. The topological polar surface area (TPSA) is 69.9 Å². The van der Waals surface area contributed by atoms with Gasteiger partial charge in [0.25, 0.3) is 0 Å². The van der Waals surface area contributed by atoms with Crippen LogP contribution in [0.2, 0.25) is 0 Å². The molecule has 0 aliphatic rings. The van der Waals surface area contributed by atoms with Gasteiger partial charge in [0, 0.05) is 11.3 Å². The maximum Gasteiger partial charge on any atom is 0.348 e. The zero-order chi connectivity index (χ0) is 12.3. The Hall–Kier alpha value is -1.76. The molecule has 0 spiro atoms. The van der Waals surface area contributed by atoms with Crippen molar-refractivity contribution in [3.63, 3.8) is 0 Å². The average Bonchev–Trinajstić information content (AvgIpc) is 2.97. The normalized spacial score (nSPS) is 10.5. The largest absolute Gasteiger partial charge is 0.465 e. The average molecular weight is 252 g/mol. The van der Waals surface area contributed by atoms with Crippen LogP contribution in [0.3, 0.4) is 0 Å². The van der Waals surface area contributed by atoms with Crippen molar-refractivity contribution in [1.29, 1.82) is 0 Å². The highest BCUT2D eigenvalue weighted by Gasteiger charge is 2.11. The van der Waals surface area contributed by atoms with Crippen molar-refractivity contribution in [2.24, 2.45) is 0 Å². The lowest BCUT2D eigenvalue weighted by Crippen LogP contribution is -2.05. The molecule has 0 unspecified atom stereocenters. The van der Waals surface area contributed by atoms with E-state index in [0.29, 0.717) is 11.4 Å². The van der Waals surface area contributed by atoms with E-state index in [1.54, 1.807) is 10.7 Å². The van der Waals surface area contributed by atoms with Crippen molar-refractivity contribution in [2.75, 3.05) is 7.11 Å². The van der Waals surface area contributed by atoms with Crippen LogP contribution in [0.15, 0.2) is 12.1 Å². The molecule has 90 valence electrons. The summed E-state index contributed by atoms with van der Waals surface area (Å²) in [4.78, 5) is 12.9. The third-order valence-corrected chi connectivity index (χ3v) is 3.33. The first kappa shape index (κ1) is 11.7. The molecule has 2 aromatic heterocycles. The molecule has 17 heavy (non-hydrogen) atoms. The third kappa shape index (κ3) is 2.50. The van der Waals surface area contributed by atoms with Crippen molar-refractivity contribution in [2.45, 2.75) is 19.9 Å². The summed E-state index contributed by atoms with van der Waals surface area (Å²) in [5.41, 5.74) is 0. The molecule has 0 fully saturated rings. The van der Waals surface area contributed by atoms with Gasteiger partial charge in [0.05, 0.1) is 13.7 Å². The number of carbonyl (C=O) groups excluding carboxylic acids is 1. The second kappa shape index (κ2) is 5.05. The number of ether oxygens (including phenoxy) is 1. The van der Waals surface area contributed by atoms with Gasteiger partial charge in [-0.2, -0.15) is 0 Å². The molecule has 6 nitrogen and oxygen atoms in total. The zero-order valence-corrected chi connectivity index (χ0v) is 10.4. The van der Waals surface area contributed by atoms with Crippen molar-refractivity contribution in [1.82, 2.24) is 20.2 Å². The van der Waals surface area contributed by atoms with E-state index >= 15 is 0 Å². The number of aryl methyl sites for hydroxylation is 1. The van der Waals surface area contributed by atoms with Crippen molar-refractivity contribution < 1.29 is 9.53 Å². The Balaban J connectivity index is 2.14. The van der Waals surface area contributed by atoms with Crippen molar-refractivity contribution in [3.05, 3.63) is 27.7 Å². The van der Waals surface area contributed by atoms with Crippen molar-refractivity contribution >= 4 is 17.3 Å². The molecule has 2 heterocycles. The number of aromatic nitrogens is 4. The van der Waals surface area contributed by atoms with Gasteiger partial charge in [0.2, 0.25) is 0 Å². The lowest BCUT2D eigenvalue weighted by molar-refractivity contribution is 0.0606. The van der Waals surface area contributed by atoms with E-state index in [9.17, 15) is 4.79 Å². The SMILES string of the molecule is CCc1nnnn1Cc1ccc(C(=O)OC)s1. The van der Waals surface area contributed by atoms with Gasteiger partial charge in [-0.25, -0.2) is 9.48 Å². The van der Waals surface area contributed by atoms with Gasteiger partial charge < -0.3 is 4.74 Å². The van der Waals surface area contributed by atoms with E-state index in [1.807, 2.05) is 13.0 Å². The molecule has 0 saturated carbocycles. The fourth-order valence-corrected chi connectivity index (χ4v) is 2.33. The van der Waals surface area contributed by atoms with E-state index in [4.69, 9.17) is 0 Å². The Morgan fingerprint density at radius 3 is 3.06 bits per heavy atom. The summed E-state index contributed by atoms with van der Waals surface area (Å²) in [5, 5.41) is 11.4. The van der Waals surface area contributed by atoms with Crippen LogP contribution in [-0.2, 0) is 17.7 Å². The molecule has 0 atom stereocenters. The highest BCUT2D eigenvalue weighted by atomic mass is 32.1. The van der Waals surface area contributed by atoms with Gasteiger partial charge in [-0.3, -0.25) is 0 Å². The summed E-state index contributed by atoms with van der Waals surface area (Å²) in [5.74, 6) is 0.520. The number of methoxy groups -OCH3 is 1. The molecule has 0 amide bonds. The van der Waals surface area contributed by atoms with Gasteiger partial charge in [-0.15, -0.1) is 16.4 Å². The minimum atomic E-state index is -0.311. The summed E-state index contributed by atoms with van der Waals surface area (Å²) in [7, 11) is 1.37. The number of tetrazole rings is 1. The van der Waals surface area contributed by atoms with E-state index in [0.717, 1.165) is 17.1 Å². The Morgan fingerprint density at radius 2 is 2.35 bits per heavy atom. The molecule has 0 aliphatic heterocycles. The molecule has 2 rings (SSSR count). The van der Waals surface area contributed by atoms with Crippen LogP contribution in [0.25, 0.3) is 0 Å². The standard InChI is InChI=1S/C10H12N4O2S/c1-3-9-11-12-13-14(9)6-7-4-5-8(17-7)10(15)16-2/h4-5H,3,6H2,1-2H3. The number of rotatable bonds is 4. The number of hydrogen-bond acceptors (Lipinski definition) is 6. The fourth-order valence-electron chi connectivity index (χ4n) is 1.42. The summed E-state index contributed by atoms with van der Waals surface area (Å²) in [6, 6.07) is 3.64. The zero-order valence-electron chi connectivity index (χ0n) is 9.58. The predicted octanol–water partition coefficient (Wildman–Crippen LogP) is 1.13. The van der Waals surface area contributed by atoms with Gasteiger partial charge >= 0.3 is 5.97 Å². The lowest BCUT2D eigenvalue weighted by atomic mass is 10.4. The van der Waals surface area contributed by atoms with Gasteiger partial charge in [0.15, 0.2) is 5.82 Å². The second-order valence-electron chi connectivity index (χ2n) is 3.36. The van der Waals surface area contributed by atoms with Crippen LogP contribution in [-0.4, -0.2) is 33.3 Å². The lowest BCUT2D eigenvalue weighted by Gasteiger charge is -1.99. The molecule has 7 heteroatoms. The van der Waals surface area contributed by atoms with Gasteiger partial charge in [-0.1, -0.05) is 6.92 Å². The number of nitrogens with zero attached hydrogens (tertiary/aromatic N) is 4. The first-order valence-corrected chi connectivity index (χ1v) is 5.98. The summed E-state index contributed by atoms with van der Waals surface area (Å²) in [6.45, 7) is 2.58. The van der Waals surface area contributed by atoms with Crippen LogP contribution in [0.4, 0.5) is 0 Å². The number of thiophene rings is 1. The van der Waals surface area contributed by atoms with E-state index in [1.165, 1.54) is 18.4 Å².